The highest BCUT2D eigenvalue weighted by Crippen LogP contribution is 2.24. The van der Waals surface area contributed by atoms with Crippen LogP contribution in [0.2, 0.25) is 0 Å². The van der Waals surface area contributed by atoms with E-state index in [1.165, 1.54) is 5.56 Å². The summed E-state index contributed by atoms with van der Waals surface area (Å²) in [4.78, 5) is 0. The fraction of sp³-hybridized carbons (Fsp3) is 0.400. The molecule has 1 aliphatic heterocycles. The van der Waals surface area contributed by atoms with Crippen LogP contribution in [0.1, 0.15) is 12.5 Å². The summed E-state index contributed by atoms with van der Waals surface area (Å²) in [5.41, 5.74) is 1.38. The number of rotatable bonds is 2. The van der Waals surface area contributed by atoms with Crippen LogP contribution in [0, 0.1) is 0 Å². The van der Waals surface area contributed by atoms with Gasteiger partial charge in [0.25, 0.3) is 0 Å². The van der Waals surface area contributed by atoms with E-state index in [0.717, 1.165) is 6.42 Å². The first kappa shape index (κ1) is 6.86. The van der Waals surface area contributed by atoms with Gasteiger partial charge >= 0.3 is 0 Å². The predicted molar refractivity (Wildman–Crippen MR) is 44.5 cm³/mol. The lowest BCUT2D eigenvalue weighted by atomic mass is 10.1. The molecule has 0 saturated carbocycles. The van der Waals surface area contributed by atoms with Gasteiger partial charge in [0, 0.05) is 6.42 Å². The third kappa shape index (κ3) is 1.60. The number of hydrogen-bond acceptors (Lipinski definition) is 1. The van der Waals surface area contributed by atoms with Crippen LogP contribution in [0.5, 0.6) is 0 Å². The van der Waals surface area contributed by atoms with E-state index in [9.17, 15) is 0 Å². The monoisotopic (exact) mass is 148 g/mol. The summed E-state index contributed by atoms with van der Waals surface area (Å²) in [6.45, 7) is 2.12. The Labute approximate surface area is 67.0 Å². The highest BCUT2D eigenvalue weighted by molar-refractivity contribution is 5.16. The molecule has 11 heavy (non-hydrogen) atoms. The van der Waals surface area contributed by atoms with Crippen LogP contribution in [0.4, 0.5) is 0 Å². The summed E-state index contributed by atoms with van der Waals surface area (Å²) in [6, 6.07) is 10.5. The van der Waals surface area contributed by atoms with E-state index in [4.69, 9.17) is 4.74 Å². The molecule has 1 aromatic carbocycles. The Morgan fingerprint density at radius 3 is 2.45 bits per heavy atom. The molecule has 1 aromatic rings. The van der Waals surface area contributed by atoms with Crippen molar-refractivity contribution in [2.75, 3.05) is 0 Å². The summed E-state index contributed by atoms with van der Waals surface area (Å²) in [7, 11) is 0. The highest BCUT2D eigenvalue weighted by Gasteiger charge is 2.33. The molecular weight excluding hydrogens is 136 g/mol. The van der Waals surface area contributed by atoms with E-state index < -0.39 is 0 Å². The van der Waals surface area contributed by atoms with Crippen LogP contribution >= 0.6 is 0 Å². The lowest BCUT2D eigenvalue weighted by molar-refractivity contribution is 0.378. The molecule has 0 spiro atoms. The maximum atomic E-state index is 5.32. The van der Waals surface area contributed by atoms with Crippen molar-refractivity contribution in [3.05, 3.63) is 35.9 Å². The number of epoxide rings is 1. The molecule has 58 valence electrons. The van der Waals surface area contributed by atoms with Crippen molar-refractivity contribution in [3.63, 3.8) is 0 Å². The predicted octanol–water partition coefficient (Wildman–Crippen LogP) is 2.02. The van der Waals surface area contributed by atoms with Gasteiger partial charge in [-0.15, -0.1) is 0 Å². The zero-order valence-electron chi connectivity index (χ0n) is 6.66. The van der Waals surface area contributed by atoms with E-state index >= 15 is 0 Å². The van der Waals surface area contributed by atoms with Gasteiger partial charge in [-0.05, 0) is 12.5 Å². The summed E-state index contributed by atoms with van der Waals surface area (Å²) < 4.78 is 5.32. The largest absolute Gasteiger partial charge is 0.370 e. The first-order valence-electron chi connectivity index (χ1n) is 4.05. The minimum Gasteiger partial charge on any atom is -0.370 e. The van der Waals surface area contributed by atoms with Crippen molar-refractivity contribution in [2.45, 2.75) is 25.6 Å². The molecule has 0 aromatic heterocycles. The molecule has 2 rings (SSSR count). The third-order valence-electron chi connectivity index (χ3n) is 2.12. The van der Waals surface area contributed by atoms with Crippen molar-refractivity contribution in [1.82, 2.24) is 0 Å². The third-order valence-corrected chi connectivity index (χ3v) is 2.12. The number of hydrogen-bond donors (Lipinski definition) is 0. The Bertz CT molecular complexity index is 230. The minimum absolute atomic E-state index is 0.482. The maximum Gasteiger partial charge on any atom is 0.0879 e. The van der Waals surface area contributed by atoms with E-state index in [2.05, 4.69) is 31.2 Å². The van der Waals surface area contributed by atoms with Crippen LogP contribution < -0.4 is 0 Å². The molecule has 2 atom stereocenters. The van der Waals surface area contributed by atoms with Crippen LogP contribution in [0.3, 0.4) is 0 Å². The van der Waals surface area contributed by atoms with Crippen molar-refractivity contribution in [1.29, 1.82) is 0 Å². The van der Waals surface area contributed by atoms with E-state index in [1.807, 2.05) is 6.07 Å². The topological polar surface area (TPSA) is 12.5 Å². The van der Waals surface area contributed by atoms with Crippen molar-refractivity contribution >= 4 is 0 Å². The molecule has 1 fully saturated rings. The second-order valence-corrected chi connectivity index (χ2v) is 3.07. The zero-order valence-corrected chi connectivity index (χ0v) is 6.66. The van der Waals surface area contributed by atoms with Gasteiger partial charge in [-0.3, -0.25) is 0 Å². The van der Waals surface area contributed by atoms with Crippen LogP contribution in [-0.2, 0) is 11.2 Å². The molecule has 1 heteroatoms. The zero-order chi connectivity index (χ0) is 7.68. The van der Waals surface area contributed by atoms with Gasteiger partial charge in [-0.1, -0.05) is 30.3 Å². The standard InChI is InChI=1S/C10H12O/c1-8-10(11-8)7-9-5-3-2-4-6-9/h2-6,8,10H,7H2,1H3/t8-,10-/m1/s1. The molecule has 0 amide bonds. The molecule has 1 saturated heterocycles. The number of benzene rings is 1. The Kier molecular flexibility index (Phi) is 1.66. The first-order valence-corrected chi connectivity index (χ1v) is 4.05. The Balaban J connectivity index is 1.97. The molecule has 1 heterocycles. The van der Waals surface area contributed by atoms with Gasteiger partial charge < -0.3 is 4.74 Å². The molecule has 0 N–H and O–H groups in total. The van der Waals surface area contributed by atoms with Crippen molar-refractivity contribution < 1.29 is 4.74 Å². The van der Waals surface area contributed by atoms with Gasteiger partial charge in [0.15, 0.2) is 0 Å². The van der Waals surface area contributed by atoms with E-state index in [1.54, 1.807) is 0 Å². The Morgan fingerprint density at radius 2 is 1.91 bits per heavy atom. The summed E-state index contributed by atoms with van der Waals surface area (Å²) >= 11 is 0. The SMILES string of the molecule is C[C@H]1O[C@@H]1Cc1ccccc1. The molecule has 0 aliphatic carbocycles. The minimum atomic E-state index is 0.482. The van der Waals surface area contributed by atoms with Gasteiger partial charge in [-0.2, -0.15) is 0 Å². The lowest BCUT2D eigenvalue weighted by Crippen LogP contribution is -1.94. The van der Waals surface area contributed by atoms with Crippen molar-refractivity contribution in [2.24, 2.45) is 0 Å². The van der Waals surface area contributed by atoms with Gasteiger partial charge in [0.1, 0.15) is 0 Å². The average Bonchev–Trinajstić information content (AvgIpc) is 2.69. The molecule has 0 bridgehead atoms. The lowest BCUT2D eigenvalue weighted by Gasteiger charge is -1.94. The second-order valence-electron chi connectivity index (χ2n) is 3.07. The summed E-state index contributed by atoms with van der Waals surface area (Å²) in [6.07, 6.45) is 2.04. The van der Waals surface area contributed by atoms with Crippen LogP contribution in [0.15, 0.2) is 30.3 Å². The van der Waals surface area contributed by atoms with Crippen LogP contribution in [0.25, 0.3) is 0 Å². The van der Waals surface area contributed by atoms with Crippen molar-refractivity contribution in [3.8, 4) is 0 Å². The molecule has 0 unspecified atom stereocenters. The summed E-state index contributed by atoms with van der Waals surface area (Å²) in [5.74, 6) is 0. The summed E-state index contributed by atoms with van der Waals surface area (Å²) in [5, 5.41) is 0. The highest BCUT2D eigenvalue weighted by atomic mass is 16.6. The Hall–Kier alpha value is -0.820. The average molecular weight is 148 g/mol. The maximum absolute atomic E-state index is 5.32. The second kappa shape index (κ2) is 2.67. The smallest absolute Gasteiger partial charge is 0.0879 e. The molecule has 1 aliphatic rings. The number of ether oxygens (including phenoxy) is 1. The fourth-order valence-corrected chi connectivity index (χ4v) is 1.29. The molecule has 1 nitrogen and oxygen atoms in total. The quantitative estimate of drug-likeness (QED) is 0.584. The van der Waals surface area contributed by atoms with E-state index in [0.29, 0.717) is 12.2 Å². The molecule has 0 radical (unpaired) electrons. The van der Waals surface area contributed by atoms with Gasteiger partial charge in [-0.25, -0.2) is 0 Å². The molecular formula is C10H12O. The fourth-order valence-electron chi connectivity index (χ4n) is 1.29. The first-order chi connectivity index (χ1) is 5.36. The van der Waals surface area contributed by atoms with E-state index in [-0.39, 0.29) is 0 Å². The van der Waals surface area contributed by atoms with Gasteiger partial charge in [0.2, 0.25) is 0 Å². The van der Waals surface area contributed by atoms with Crippen LogP contribution in [-0.4, -0.2) is 12.2 Å². The Morgan fingerprint density at radius 1 is 1.27 bits per heavy atom. The van der Waals surface area contributed by atoms with Gasteiger partial charge in [0.05, 0.1) is 12.2 Å². The normalized spacial score (nSPS) is 28.5.